The smallest absolute Gasteiger partial charge is 0.225 e. The van der Waals surface area contributed by atoms with Crippen molar-refractivity contribution < 1.29 is 4.79 Å². The van der Waals surface area contributed by atoms with Gasteiger partial charge in [-0.05, 0) is 18.7 Å². The Morgan fingerprint density at radius 3 is 2.50 bits per heavy atom. The monoisotopic (exact) mass is 295 g/mol. The molecular formula is C15H22ClN3O. The lowest BCUT2D eigenvalue weighted by molar-refractivity contribution is -0.116. The van der Waals surface area contributed by atoms with Crippen molar-refractivity contribution in [2.75, 3.05) is 44.6 Å². The van der Waals surface area contributed by atoms with E-state index in [9.17, 15) is 4.79 Å². The van der Waals surface area contributed by atoms with Crippen LogP contribution < -0.4 is 5.32 Å². The lowest BCUT2D eigenvalue weighted by Crippen LogP contribution is -2.46. The number of piperazine rings is 1. The van der Waals surface area contributed by atoms with Gasteiger partial charge in [-0.15, -0.1) is 0 Å². The summed E-state index contributed by atoms with van der Waals surface area (Å²) >= 11 is 6.02. The zero-order valence-electron chi connectivity index (χ0n) is 11.9. The van der Waals surface area contributed by atoms with Crippen molar-refractivity contribution >= 4 is 23.2 Å². The van der Waals surface area contributed by atoms with Gasteiger partial charge in [0.25, 0.3) is 0 Å². The second-order valence-electron chi connectivity index (χ2n) is 5.05. The molecule has 1 aliphatic heterocycles. The van der Waals surface area contributed by atoms with Crippen LogP contribution in [0.4, 0.5) is 5.69 Å². The van der Waals surface area contributed by atoms with Gasteiger partial charge in [-0.3, -0.25) is 4.79 Å². The van der Waals surface area contributed by atoms with Gasteiger partial charge in [0.05, 0.1) is 10.7 Å². The molecule has 1 amide bonds. The molecule has 1 saturated heterocycles. The summed E-state index contributed by atoms with van der Waals surface area (Å²) < 4.78 is 0. The maximum Gasteiger partial charge on any atom is 0.225 e. The SMILES string of the molecule is CCN1CCN(CCC(=O)Nc2ccccc2Cl)CC1. The highest BCUT2D eigenvalue weighted by Crippen LogP contribution is 2.20. The number of carbonyl (C=O) groups excluding carboxylic acids is 1. The molecule has 1 N–H and O–H groups in total. The van der Waals surface area contributed by atoms with Gasteiger partial charge in [0.1, 0.15) is 0 Å². The molecule has 110 valence electrons. The summed E-state index contributed by atoms with van der Waals surface area (Å²) in [7, 11) is 0. The average Bonchev–Trinajstić information content (AvgIpc) is 2.48. The molecule has 1 heterocycles. The minimum Gasteiger partial charge on any atom is -0.325 e. The number of anilines is 1. The van der Waals surface area contributed by atoms with E-state index in [0.29, 0.717) is 17.1 Å². The molecule has 0 bridgehead atoms. The van der Waals surface area contributed by atoms with Crippen LogP contribution in [0.3, 0.4) is 0 Å². The normalized spacial score (nSPS) is 17.1. The summed E-state index contributed by atoms with van der Waals surface area (Å²) in [6.07, 6.45) is 0.511. The third-order valence-corrected chi connectivity index (χ3v) is 4.04. The maximum atomic E-state index is 11.9. The second kappa shape index (κ2) is 7.62. The Morgan fingerprint density at radius 1 is 1.20 bits per heavy atom. The van der Waals surface area contributed by atoms with Crippen LogP contribution in [0.15, 0.2) is 24.3 Å². The van der Waals surface area contributed by atoms with Gasteiger partial charge in [0.2, 0.25) is 5.91 Å². The van der Waals surface area contributed by atoms with Crippen molar-refractivity contribution in [1.29, 1.82) is 0 Å². The van der Waals surface area contributed by atoms with Crippen LogP contribution in [-0.2, 0) is 4.79 Å². The predicted molar refractivity (Wildman–Crippen MR) is 83.3 cm³/mol. The third kappa shape index (κ3) is 4.47. The minimum absolute atomic E-state index is 0.0241. The first-order valence-corrected chi connectivity index (χ1v) is 7.56. The highest BCUT2D eigenvalue weighted by atomic mass is 35.5. The zero-order valence-corrected chi connectivity index (χ0v) is 12.7. The number of carbonyl (C=O) groups is 1. The largest absolute Gasteiger partial charge is 0.325 e. The molecular weight excluding hydrogens is 274 g/mol. The quantitative estimate of drug-likeness (QED) is 0.905. The van der Waals surface area contributed by atoms with Crippen LogP contribution in [0.1, 0.15) is 13.3 Å². The van der Waals surface area contributed by atoms with Crippen molar-refractivity contribution in [1.82, 2.24) is 9.80 Å². The minimum atomic E-state index is 0.0241. The lowest BCUT2D eigenvalue weighted by atomic mass is 10.2. The summed E-state index contributed by atoms with van der Waals surface area (Å²) in [4.78, 5) is 16.7. The van der Waals surface area contributed by atoms with Crippen LogP contribution >= 0.6 is 11.6 Å². The number of rotatable bonds is 5. The number of amides is 1. The molecule has 0 aromatic heterocycles. The molecule has 0 atom stereocenters. The van der Waals surface area contributed by atoms with Gasteiger partial charge in [-0.1, -0.05) is 30.7 Å². The summed E-state index contributed by atoms with van der Waals surface area (Å²) in [5.41, 5.74) is 0.690. The van der Waals surface area contributed by atoms with Gasteiger partial charge < -0.3 is 15.1 Å². The van der Waals surface area contributed by atoms with Gasteiger partial charge in [0.15, 0.2) is 0 Å². The Labute approximate surface area is 125 Å². The number of hydrogen-bond acceptors (Lipinski definition) is 3. The molecule has 1 aromatic carbocycles. The van der Waals surface area contributed by atoms with Gasteiger partial charge in [-0.25, -0.2) is 0 Å². The molecule has 4 nitrogen and oxygen atoms in total. The molecule has 0 radical (unpaired) electrons. The topological polar surface area (TPSA) is 35.6 Å². The van der Waals surface area contributed by atoms with E-state index in [2.05, 4.69) is 22.0 Å². The second-order valence-corrected chi connectivity index (χ2v) is 5.46. The van der Waals surface area contributed by atoms with Crippen molar-refractivity contribution in [3.8, 4) is 0 Å². The van der Waals surface area contributed by atoms with Crippen molar-refractivity contribution in [2.45, 2.75) is 13.3 Å². The Balaban J connectivity index is 1.72. The highest BCUT2D eigenvalue weighted by molar-refractivity contribution is 6.33. The molecule has 0 spiro atoms. The Kier molecular flexibility index (Phi) is 5.83. The highest BCUT2D eigenvalue weighted by Gasteiger charge is 2.16. The van der Waals surface area contributed by atoms with E-state index in [1.807, 2.05) is 18.2 Å². The van der Waals surface area contributed by atoms with Crippen molar-refractivity contribution in [3.05, 3.63) is 29.3 Å². The number of nitrogens with one attached hydrogen (secondary N) is 1. The molecule has 0 aliphatic carbocycles. The van der Waals surface area contributed by atoms with Crippen LogP contribution in [-0.4, -0.2) is 55.0 Å². The van der Waals surface area contributed by atoms with E-state index in [0.717, 1.165) is 39.3 Å². The summed E-state index contributed by atoms with van der Waals surface area (Å²) in [6, 6.07) is 7.32. The molecule has 20 heavy (non-hydrogen) atoms. The molecule has 2 rings (SSSR count). The number of benzene rings is 1. The van der Waals surface area contributed by atoms with Gasteiger partial charge >= 0.3 is 0 Å². The number of nitrogens with zero attached hydrogens (tertiary/aromatic N) is 2. The fourth-order valence-electron chi connectivity index (χ4n) is 2.36. The van der Waals surface area contributed by atoms with Crippen LogP contribution in [0, 0.1) is 0 Å². The average molecular weight is 296 g/mol. The molecule has 1 fully saturated rings. The molecule has 0 saturated carbocycles. The van der Waals surface area contributed by atoms with E-state index in [1.54, 1.807) is 6.07 Å². The number of likely N-dealkylation sites (N-methyl/N-ethyl adjacent to an activating group) is 1. The summed E-state index contributed by atoms with van der Waals surface area (Å²) in [5.74, 6) is 0.0241. The van der Waals surface area contributed by atoms with E-state index in [1.165, 1.54) is 0 Å². The fraction of sp³-hybridized carbons (Fsp3) is 0.533. The Morgan fingerprint density at radius 2 is 1.85 bits per heavy atom. The maximum absolute atomic E-state index is 11.9. The van der Waals surface area contributed by atoms with Crippen LogP contribution in [0.5, 0.6) is 0 Å². The lowest BCUT2D eigenvalue weighted by Gasteiger charge is -2.33. The molecule has 0 unspecified atom stereocenters. The number of hydrogen-bond donors (Lipinski definition) is 1. The molecule has 5 heteroatoms. The van der Waals surface area contributed by atoms with E-state index >= 15 is 0 Å². The van der Waals surface area contributed by atoms with Gasteiger partial charge in [0, 0.05) is 39.1 Å². The summed E-state index contributed by atoms with van der Waals surface area (Å²) in [5, 5.41) is 3.44. The Bertz CT molecular complexity index is 444. The van der Waals surface area contributed by atoms with Crippen molar-refractivity contribution in [3.63, 3.8) is 0 Å². The molecule has 1 aliphatic rings. The first kappa shape index (κ1) is 15.3. The number of halogens is 1. The fourth-order valence-corrected chi connectivity index (χ4v) is 2.55. The predicted octanol–water partition coefficient (Wildman–Crippen LogP) is 2.31. The van der Waals surface area contributed by atoms with E-state index < -0.39 is 0 Å². The first-order valence-electron chi connectivity index (χ1n) is 7.18. The van der Waals surface area contributed by atoms with E-state index in [4.69, 9.17) is 11.6 Å². The zero-order chi connectivity index (χ0) is 14.4. The van der Waals surface area contributed by atoms with Crippen LogP contribution in [0.2, 0.25) is 5.02 Å². The molecule has 1 aromatic rings. The van der Waals surface area contributed by atoms with Gasteiger partial charge in [-0.2, -0.15) is 0 Å². The Hall–Kier alpha value is -1.10. The van der Waals surface area contributed by atoms with E-state index in [-0.39, 0.29) is 5.91 Å². The third-order valence-electron chi connectivity index (χ3n) is 3.72. The van der Waals surface area contributed by atoms with Crippen molar-refractivity contribution in [2.24, 2.45) is 0 Å². The van der Waals surface area contributed by atoms with Crippen LogP contribution in [0.25, 0.3) is 0 Å². The number of para-hydroxylation sites is 1. The standard InChI is InChI=1S/C15H22ClN3O/c1-2-18-9-11-19(12-10-18)8-7-15(20)17-14-6-4-3-5-13(14)16/h3-6H,2,7-12H2,1H3,(H,17,20). The first-order chi connectivity index (χ1) is 9.69. The summed E-state index contributed by atoms with van der Waals surface area (Å²) in [6.45, 7) is 8.41.